The maximum absolute atomic E-state index is 7.02. The summed E-state index contributed by atoms with van der Waals surface area (Å²) in [5.41, 5.74) is 5.09. The van der Waals surface area contributed by atoms with Crippen LogP contribution in [0.2, 0.25) is 19.6 Å². The molecular weight excluding hydrogens is 430 g/mol. The zero-order chi connectivity index (χ0) is 23.9. The summed E-state index contributed by atoms with van der Waals surface area (Å²) in [6.07, 6.45) is 2.20. The van der Waals surface area contributed by atoms with Crippen LogP contribution in [0.15, 0.2) is 60.8 Å². The van der Waals surface area contributed by atoms with E-state index in [4.69, 9.17) is 4.74 Å². The van der Waals surface area contributed by atoms with Crippen molar-refractivity contribution in [2.45, 2.75) is 46.3 Å². The number of aromatic nitrogens is 1. The highest BCUT2D eigenvalue weighted by molar-refractivity contribution is 6.88. The molecule has 6 rings (SSSR count). The molecule has 0 amide bonds. The van der Waals surface area contributed by atoms with Gasteiger partial charge in [0.1, 0.15) is 18.5 Å². The molecule has 0 radical (unpaired) electrons. The Morgan fingerprint density at radius 2 is 1.56 bits per heavy atom. The molecule has 1 aromatic heterocycles. The molecule has 0 atom stereocenters. The van der Waals surface area contributed by atoms with Gasteiger partial charge in [0, 0.05) is 17.0 Å². The fraction of sp³-hybridized carbons (Fsp3) is 0.258. The lowest BCUT2D eigenvalue weighted by atomic mass is 9.85. The predicted molar refractivity (Wildman–Crippen MR) is 147 cm³/mol. The second-order valence-electron chi connectivity index (χ2n) is 11.2. The molecule has 0 fully saturated rings. The monoisotopic (exact) mass is 462 g/mol. The molecule has 0 saturated heterocycles. The molecule has 34 heavy (non-hydrogen) atoms. The van der Waals surface area contributed by atoms with Gasteiger partial charge in [-0.25, -0.2) is 4.57 Å². The number of rotatable bonds is 2. The molecule has 0 unspecified atom stereocenters. The molecule has 0 saturated carbocycles. The van der Waals surface area contributed by atoms with Crippen molar-refractivity contribution in [1.82, 2.24) is 0 Å². The Balaban J connectivity index is 1.81. The summed E-state index contributed by atoms with van der Waals surface area (Å²) in [7, 11) is 0.747. The molecule has 5 aromatic rings. The van der Waals surface area contributed by atoms with Crippen LogP contribution >= 0.6 is 0 Å². The minimum Gasteiger partial charge on any atom is -0.455 e. The number of nitrogens with zero attached hydrogens (tertiary/aromatic N) is 1. The van der Waals surface area contributed by atoms with Crippen molar-refractivity contribution in [3.8, 4) is 22.8 Å². The van der Waals surface area contributed by atoms with Crippen molar-refractivity contribution >= 4 is 45.6 Å². The average molecular weight is 463 g/mol. The van der Waals surface area contributed by atoms with Crippen molar-refractivity contribution in [1.29, 1.82) is 0 Å². The van der Waals surface area contributed by atoms with Crippen LogP contribution < -0.4 is 14.5 Å². The second kappa shape index (κ2) is 7.16. The van der Waals surface area contributed by atoms with E-state index in [-0.39, 0.29) is 0 Å². The number of pyridine rings is 1. The fourth-order valence-corrected chi connectivity index (χ4v) is 6.93. The molecule has 1 aliphatic heterocycles. The van der Waals surface area contributed by atoms with Gasteiger partial charge in [-0.05, 0) is 46.0 Å². The first-order chi connectivity index (χ1) is 16.2. The van der Waals surface area contributed by atoms with Crippen molar-refractivity contribution in [2.75, 3.05) is 0 Å². The number of aryl methyl sites for hydroxylation is 2. The molecule has 2 nitrogen and oxygen atoms in total. The first kappa shape index (κ1) is 21.4. The largest absolute Gasteiger partial charge is 0.455 e. The minimum atomic E-state index is -1.42. The minimum absolute atomic E-state index is 0.346. The molecule has 0 N–H and O–H groups in total. The lowest BCUT2D eigenvalue weighted by molar-refractivity contribution is -0.659. The summed E-state index contributed by atoms with van der Waals surface area (Å²) in [4.78, 5) is 0. The Morgan fingerprint density at radius 1 is 0.824 bits per heavy atom. The van der Waals surface area contributed by atoms with Gasteiger partial charge in [-0.3, -0.25) is 0 Å². The number of hydrogen-bond donors (Lipinski definition) is 0. The van der Waals surface area contributed by atoms with E-state index in [1.54, 1.807) is 0 Å². The Hall–Kier alpha value is -3.17. The quantitative estimate of drug-likeness (QED) is 0.146. The highest BCUT2D eigenvalue weighted by Crippen LogP contribution is 2.53. The zero-order valence-electron chi connectivity index (χ0n) is 21.2. The molecule has 1 aliphatic rings. The Kier molecular flexibility index (Phi) is 4.50. The summed E-state index contributed by atoms with van der Waals surface area (Å²) >= 11 is 0. The van der Waals surface area contributed by atoms with E-state index < -0.39 is 8.07 Å². The summed E-state index contributed by atoms with van der Waals surface area (Å²) in [6.45, 7) is 14.0. The third-order valence-corrected chi connectivity index (χ3v) is 9.59. The normalized spacial score (nSPS) is 13.1. The van der Waals surface area contributed by atoms with Gasteiger partial charge in [0.15, 0.2) is 6.20 Å². The van der Waals surface area contributed by atoms with Crippen LogP contribution in [0.4, 0.5) is 0 Å². The van der Waals surface area contributed by atoms with Crippen LogP contribution in [-0.2, 0) is 7.05 Å². The first-order valence-electron chi connectivity index (χ1n) is 12.3. The maximum atomic E-state index is 7.02. The SMILES string of the molecule is Cc1c2c(c(C(C)C)c3ccccc13)Oc1c3ccc([Si](C)(C)C)cc3cc3cc[n+](C)c-2c13. The first-order valence-corrected chi connectivity index (χ1v) is 15.8. The highest BCUT2D eigenvalue weighted by Gasteiger charge is 2.34. The van der Waals surface area contributed by atoms with Gasteiger partial charge in [0.25, 0.3) is 0 Å². The topological polar surface area (TPSA) is 13.1 Å². The van der Waals surface area contributed by atoms with Gasteiger partial charge in [-0.2, -0.15) is 0 Å². The smallest absolute Gasteiger partial charge is 0.228 e. The van der Waals surface area contributed by atoms with E-state index in [0.717, 1.165) is 11.5 Å². The van der Waals surface area contributed by atoms with Crippen LogP contribution in [0.1, 0.15) is 30.9 Å². The Morgan fingerprint density at radius 3 is 2.26 bits per heavy atom. The van der Waals surface area contributed by atoms with E-state index in [0.29, 0.717) is 5.92 Å². The Bertz CT molecular complexity index is 1660. The second-order valence-corrected chi connectivity index (χ2v) is 16.3. The molecule has 4 aromatic carbocycles. The number of ether oxygens (including phenoxy) is 1. The van der Waals surface area contributed by atoms with Crippen molar-refractivity contribution in [3.05, 3.63) is 71.9 Å². The van der Waals surface area contributed by atoms with Gasteiger partial charge in [0.2, 0.25) is 5.69 Å². The summed E-state index contributed by atoms with van der Waals surface area (Å²) in [6, 6.07) is 20.4. The van der Waals surface area contributed by atoms with E-state index in [2.05, 4.69) is 113 Å². The zero-order valence-corrected chi connectivity index (χ0v) is 22.2. The number of hydrogen-bond acceptors (Lipinski definition) is 1. The fourth-order valence-electron chi connectivity index (χ4n) is 5.76. The van der Waals surface area contributed by atoms with E-state index in [1.165, 1.54) is 59.9 Å². The van der Waals surface area contributed by atoms with Gasteiger partial charge in [0.05, 0.1) is 19.0 Å². The van der Waals surface area contributed by atoms with E-state index in [1.807, 2.05) is 0 Å². The van der Waals surface area contributed by atoms with Gasteiger partial charge in [-0.1, -0.05) is 81.1 Å². The van der Waals surface area contributed by atoms with Gasteiger partial charge in [-0.15, -0.1) is 0 Å². The van der Waals surface area contributed by atoms with Crippen LogP contribution in [0.25, 0.3) is 43.6 Å². The Labute approximate surface area is 202 Å². The lowest BCUT2D eigenvalue weighted by Crippen LogP contribution is -2.37. The average Bonchev–Trinajstić information content (AvgIpc) is 2.79. The van der Waals surface area contributed by atoms with Crippen molar-refractivity contribution < 1.29 is 9.30 Å². The van der Waals surface area contributed by atoms with Crippen LogP contribution in [0.5, 0.6) is 11.5 Å². The standard InChI is InChI=1S/C31H32NOSi/c1-18(2)26-25-11-9-8-10-23(25)19(3)27-29-28-20(14-15-32(29)4)16-21-17-22(34(5,6)7)12-13-24(21)30(28)33-31(26)27/h8-18H,1-7H3/q+1. The summed E-state index contributed by atoms with van der Waals surface area (Å²) in [5, 5.41) is 9.03. The molecular formula is C31H32NOSi+. The van der Waals surface area contributed by atoms with Gasteiger partial charge < -0.3 is 4.74 Å². The van der Waals surface area contributed by atoms with Gasteiger partial charge >= 0.3 is 0 Å². The lowest BCUT2D eigenvalue weighted by Gasteiger charge is -2.27. The highest BCUT2D eigenvalue weighted by atomic mass is 28.3. The number of fused-ring (bicyclic) bond motifs is 5. The molecule has 170 valence electrons. The predicted octanol–water partition coefficient (Wildman–Crippen LogP) is 7.72. The van der Waals surface area contributed by atoms with Crippen LogP contribution in [0.3, 0.4) is 0 Å². The van der Waals surface area contributed by atoms with Crippen LogP contribution in [0, 0.1) is 6.92 Å². The molecule has 0 spiro atoms. The molecule has 2 heterocycles. The maximum Gasteiger partial charge on any atom is 0.228 e. The summed E-state index contributed by atoms with van der Waals surface area (Å²) in [5.74, 6) is 2.38. The third kappa shape index (κ3) is 2.89. The number of benzene rings is 4. The van der Waals surface area contributed by atoms with Crippen molar-refractivity contribution in [2.24, 2.45) is 7.05 Å². The molecule has 0 bridgehead atoms. The summed E-state index contributed by atoms with van der Waals surface area (Å²) < 4.78 is 9.30. The van der Waals surface area contributed by atoms with E-state index >= 15 is 0 Å². The van der Waals surface area contributed by atoms with Crippen molar-refractivity contribution in [3.63, 3.8) is 0 Å². The molecule has 0 aliphatic carbocycles. The third-order valence-electron chi connectivity index (χ3n) is 7.54. The van der Waals surface area contributed by atoms with Crippen LogP contribution in [-0.4, -0.2) is 8.07 Å². The van der Waals surface area contributed by atoms with E-state index in [9.17, 15) is 0 Å². The molecule has 3 heteroatoms.